The zero-order chi connectivity index (χ0) is 25.6. The highest BCUT2D eigenvalue weighted by atomic mass is 32.2. The van der Waals surface area contributed by atoms with Crippen LogP contribution in [0.3, 0.4) is 0 Å². The molecule has 0 spiro atoms. The first-order valence-corrected chi connectivity index (χ1v) is 15.4. The van der Waals surface area contributed by atoms with Crippen LogP contribution in [0.25, 0.3) is 6.08 Å². The van der Waals surface area contributed by atoms with Crippen molar-refractivity contribution in [2.75, 3.05) is 6.26 Å². The molecule has 3 aromatic rings. The molecule has 1 aliphatic rings. The van der Waals surface area contributed by atoms with Crippen molar-refractivity contribution < 1.29 is 29.6 Å². The van der Waals surface area contributed by atoms with Gasteiger partial charge in [0.15, 0.2) is 9.84 Å². The van der Waals surface area contributed by atoms with Crippen LogP contribution in [0.15, 0.2) is 87.5 Å². The SMILES string of the molecule is C[C@H](NS(C)(=O)=O)c1ccc(S(=O)(=O)C2=Cc3ccccc3C2S(=O)(=O)c2ccccc2F)cc1. The lowest BCUT2D eigenvalue weighted by Gasteiger charge is -2.19. The Hall–Kier alpha value is -2.86. The van der Waals surface area contributed by atoms with Gasteiger partial charge in [0.05, 0.1) is 16.1 Å². The minimum Gasteiger partial charge on any atom is -0.223 e. The average molecular weight is 536 g/mol. The van der Waals surface area contributed by atoms with E-state index < -0.39 is 51.7 Å². The van der Waals surface area contributed by atoms with E-state index in [4.69, 9.17) is 0 Å². The smallest absolute Gasteiger partial charge is 0.209 e. The van der Waals surface area contributed by atoms with Crippen molar-refractivity contribution in [1.29, 1.82) is 0 Å². The van der Waals surface area contributed by atoms with Crippen LogP contribution >= 0.6 is 0 Å². The molecule has 0 radical (unpaired) electrons. The Morgan fingerprint density at radius 3 is 2.06 bits per heavy atom. The molecular weight excluding hydrogens is 513 g/mol. The highest BCUT2D eigenvalue weighted by molar-refractivity contribution is 7.98. The van der Waals surface area contributed by atoms with Gasteiger partial charge < -0.3 is 0 Å². The molecule has 0 saturated carbocycles. The van der Waals surface area contributed by atoms with E-state index in [1.54, 1.807) is 25.1 Å². The monoisotopic (exact) mass is 535 g/mol. The number of fused-ring (bicyclic) bond motifs is 1. The Kier molecular flexibility index (Phi) is 6.47. The first kappa shape index (κ1) is 25.2. The number of hydrogen-bond acceptors (Lipinski definition) is 6. The Bertz CT molecular complexity index is 1650. The van der Waals surface area contributed by atoms with E-state index in [1.807, 2.05) is 0 Å². The van der Waals surface area contributed by atoms with Gasteiger partial charge in [0, 0.05) is 6.04 Å². The molecule has 35 heavy (non-hydrogen) atoms. The Labute approximate surface area is 204 Å². The van der Waals surface area contributed by atoms with Crippen molar-refractivity contribution in [2.24, 2.45) is 0 Å². The Morgan fingerprint density at radius 2 is 1.43 bits per heavy atom. The normalized spacial score (nSPS) is 17.0. The molecule has 4 rings (SSSR count). The molecule has 0 amide bonds. The molecule has 0 saturated heterocycles. The van der Waals surface area contributed by atoms with E-state index >= 15 is 0 Å². The van der Waals surface area contributed by atoms with Gasteiger partial charge in [0.25, 0.3) is 0 Å². The summed E-state index contributed by atoms with van der Waals surface area (Å²) in [4.78, 5) is -1.13. The van der Waals surface area contributed by atoms with E-state index in [0.717, 1.165) is 18.4 Å². The molecule has 0 heterocycles. The third-order valence-electron chi connectivity index (χ3n) is 5.68. The maximum Gasteiger partial charge on any atom is 0.209 e. The molecule has 2 atom stereocenters. The van der Waals surface area contributed by atoms with E-state index in [-0.39, 0.29) is 15.4 Å². The summed E-state index contributed by atoms with van der Waals surface area (Å²) in [6.07, 6.45) is 2.32. The lowest BCUT2D eigenvalue weighted by molar-refractivity contribution is 0.561. The van der Waals surface area contributed by atoms with Gasteiger partial charge in [-0.05, 0) is 54.0 Å². The summed E-state index contributed by atoms with van der Waals surface area (Å²) in [5.74, 6) is -0.967. The average Bonchev–Trinajstić information content (AvgIpc) is 3.20. The van der Waals surface area contributed by atoms with Crippen molar-refractivity contribution >= 4 is 35.8 Å². The zero-order valence-electron chi connectivity index (χ0n) is 18.7. The first-order valence-electron chi connectivity index (χ1n) is 10.4. The number of rotatable bonds is 7. The molecule has 0 aliphatic heterocycles. The Balaban J connectivity index is 1.80. The van der Waals surface area contributed by atoms with Gasteiger partial charge >= 0.3 is 0 Å². The van der Waals surface area contributed by atoms with Gasteiger partial charge in [0.2, 0.25) is 19.9 Å². The lowest BCUT2D eigenvalue weighted by atomic mass is 10.1. The second kappa shape index (κ2) is 8.98. The molecule has 0 bridgehead atoms. The molecule has 184 valence electrons. The van der Waals surface area contributed by atoms with Gasteiger partial charge in [-0.15, -0.1) is 0 Å². The van der Waals surface area contributed by atoms with Crippen LogP contribution in [0.2, 0.25) is 0 Å². The number of halogens is 1. The minimum absolute atomic E-state index is 0.166. The summed E-state index contributed by atoms with van der Waals surface area (Å²) in [6, 6.07) is 16.1. The van der Waals surface area contributed by atoms with Crippen LogP contribution in [-0.2, 0) is 29.7 Å². The van der Waals surface area contributed by atoms with Crippen LogP contribution < -0.4 is 4.72 Å². The molecule has 1 N–H and O–H groups in total. The maximum atomic E-state index is 14.5. The summed E-state index contributed by atoms with van der Waals surface area (Å²) in [7, 11) is -12.3. The van der Waals surface area contributed by atoms with E-state index in [1.165, 1.54) is 48.5 Å². The standard InChI is InChI=1S/C24H22FNO6S3/c1-16(26-33(2,27)28)17-11-13-19(14-12-17)34(29,30)23-15-18-7-3-4-8-20(18)24(23)35(31,32)22-10-6-5-9-21(22)25/h3-16,24,26H,1-2H3/t16-,24?/m0/s1. The summed E-state index contributed by atoms with van der Waals surface area (Å²) in [5, 5.41) is -1.62. The highest BCUT2D eigenvalue weighted by Gasteiger charge is 2.44. The van der Waals surface area contributed by atoms with Crippen LogP contribution in [0, 0.1) is 5.82 Å². The molecular formula is C24H22FNO6S3. The zero-order valence-corrected chi connectivity index (χ0v) is 21.2. The topological polar surface area (TPSA) is 114 Å². The fourth-order valence-electron chi connectivity index (χ4n) is 4.07. The number of sulfonamides is 1. The highest BCUT2D eigenvalue weighted by Crippen LogP contribution is 2.47. The van der Waals surface area contributed by atoms with Gasteiger partial charge in [-0.3, -0.25) is 0 Å². The summed E-state index contributed by atoms with van der Waals surface area (Å²) in [6.45, 7) is 1.61. The molecule has 1 aliphatic carbocycles. The number of nitrogens with one attached hydrogen (secondary N) is 1. The van der Waals surface area contributed by atoms with Gasteiger partial charge in [-0.2, -0.15) is 0 Å². The predicted octanol–water partition coefficient (Wildman–Crippen LogP) is 3.78. The minimum atomic E-state index is -4.46. The van der Waals surface area contributed by atoms with Crippen LogP contribution in [0.5, 0.6) is 0 Å². The van der Waals surface area contributed by atoms with Crippen LogP contribution in [0.1, 0.15) is 34.9 Å². The molecule has 7 nitrogen and oxygen atoms in total. The van der Waals surface area contributed by atoms with Crippen molar-refractivity contribution in [1.82, 2.24) is 4.72 Å². The molecule has 11 heteroatoms. The van der Waals surface area contributed by atoms with E-state index in [2.05, 4.69) is 4.72 Å². The second-order valence-electron chi connectivity index (χ2n) is 8.22. The van der Waals surface area contributed by atoms with Crippen LogP contribution in [0.4, 0.5) is 4.39 Å². The fourth-order valence-corrected chi connectivity index (χ4v) is 8.85. The molecule has 0 aromatic heterocycles. The van der Waals surface area contributed by atoms with Crippen molar-refractivity contribution in [3.63, 3.8) is 0 Å². The van der Waals surface area contributed by atoms with Gasteiger partial charge in [0.1, 0.15) is 16.0 Å². The van der Waals surface area contributed by atoms with Gasteiger partial charge in [-0.25, -0.2) is 34.4 Å². The molecule has 0 fully saturated rings. The van der Waals surface area contributed by atoms with Crippen molar-refractivity contribution in [3.05, 3.63) is 100 Å². The number of hydrogen-bond donors (Lipinski definition) is 1. The van der Waals surface area contributed by atoms with Gasteiger partial charge in [-0.1, -0.05) is 48.5 Å². The van der Waals surface area contributed by atoms with E-state index in [9.17, 15) is 29.6 Å². The third kappa shape index (κ3) is 4.81. The number of sulfone groups is 2. The quantitative estimate of drug-likeness (QED) is 0.493. The first-order chi connectivity index (χ1) is 16.3. The van der Waals surface area contributed by atoms with Crippen LogP contribution in [-0.4, -0.2) is 31.5 Å². The number of benzene rings is 3. The van der Waals surface area contributed by atoms with E-state index in [0.29, 0.717) is 11.1 Å². The summed E-state index contributed by atoms with van der Waals surface area (Å²) in [5.41, 5.74) is 1.18. The maximum absolute atomic E-state index is 14.5. The predicted molar refractivity (Wildman–Crippen MR) is 131 cm³/mol. The third-order valence-corrected chi connectivity index (χ3v) is 10.6. The summed E-state index contributed by atoms with van der Waals surface area (Å²) < 4.78 is 94.3. The summed E-state index contributed by atoms with van der Waals surface area (Å²) >= 11 is 0. The fraction of sp³-hybridized carbons (Fsp3) is 0.167. The second-order valence-corrected chi connectivity index (χ2v) is 13.9. The molecule has 1 unspecified atom stereocenters. The molecule has 3 aromatic carbocycles. The largest absolute Gasteiger partial charge is 0.223 e. The van der Waals surface area contributed by atoms with Crippen molar-refractivity contribution in [2.45, 2.75) is 28.0 Å². The lowest BCUT2D eigenvalue weighted by Crippen LogP contribution is -2.25. The van der Waals surface area contributed by atoms with Crippen molar-refractivity contribution in [3.8, 4) is 0 Å². The Morgan fingerprint density at radius 1 is 0.829 bits per heavy atom.